The molecular weight excluding hydrogens is 482 g/mol. The Hall–Kier alpha value is -3.80. The molecule has 1 aliphatic rings. The van der Waals surface area contributed by atoms with E-state index in [2.05, 4.69) is 25.2 Å². The fourth-order valence-electron chi connectivity index (χ4n) is 4.17. The molecule has 12 heteroatoms. The highest BCUT2D eigenvalue weighted by atomic mass is 19.3. The van der Waals surface area contributed by atoms with Crippen molar-refractivity contribution in [2.75, 3.05) is 47.3 Å². The van der Waals surface area contributed by atoms with Crippen molar-refractivity contribution in [3.05, 3.63) is 40.7 Å². The summed E-state index contributed by atoms with van der Waals surface area (Å²) < 4.78 is 32.9. The third-order valence-electron chi connectivity index (χ3n) is 5.87. The van der Waals surface area contributed by atoms with Crippen molar-refractivity contribution in [1.82, 2.24) is 29.9 Å². The van der Waals surface area contributed by atoms with Crippen LogP contribution in [0.3, 0.4) is 0 Å². The number of H-pyrrole nitrogens is 1. The van der Waals surface area contributed by atoms with Crippen LogP contribution >= 0.6 is 0 Å². The quantitative estimate of drug-likeness (QED) is 0.501. The van der Waals surface area contributed by atoms with Gasteiger partial charge in [0, 0.05) is 32.6 Å². The smallest absolute Gasteiger partial charge is 0.229 e. The standard InChI is InChI=1S/C24H32N8O2.CH2F2/c1-7-33-23(25)16-8-9-18-17-12-19(27-15(3)22(17)29-28-18)21-14(2)30-32(6)24(21)34-11-10-31(5)13-20(16)26-4;2-1-3/h8-9,12H,7,10-11,13,25H2,1-6H3,(H,28,29);1H2/b9-8+,23-16+,26-20?;. The zero-order valence-corrected chi connectivity index (χ0v) is 22.1. The minimum absolute atomic E-state index is 0.338. The first-order chi connectivity index (χ1) is 17.7. The van der Waals surface area contributed by atoms with Gasteiger partial charge < -0.3 is 15.2 Å². The molecule has 0 fully saturated rings. The molecule has 4 heterocycles. The Labute approximate surface area is 214 Å². The van der Waals surface area contributed by atoms with Crippen LogP contribution in [0.5, 0.6) is 5.88 Å². The number of allylic oxidation sites excluding steroid dienone is 1. The molecular formula is C25H34F2N8O2. The van der Waals surface area contributed by atoms with Crippen LogP contribution in [0.15, 0.2) is 28.6 Å². The second kappa shape index (κ2) is 12.4. The predicted molar refractivity (Wildman–Crippen MR) is 141 cm³/mol. The molecule has 1 aliphatic heterocycles. The molecule has 3 aromatic heterocycles. The van der Waals surface area contributed by atoms with Crippen LogP contribution in [-0.4, -0.2) is 82.9 Å². The van der Waals surface area contributed by atoms with Gasteiger partial charge in [0.25, 0.3) is 0 Å². The molecule has 4 rings (SSSR count). The molecule has 3 aromatic rings. The first-order valence-corrected chi connectivity index (χ1v) is 11.8. The molecule has 0 unspecified atom stereocenters. The van der Waals surface area contributed by atoms with Crippen LogP contribution < -0.4 is 10.5 Å². The Bertz CT molecular complexity index is 1330. The van der Waals surface area contributed by atoms with Gasteiger partial charge in [0.2, 0.25) is 12.8 Å². The van der Waals surface area contributed by atoms with Crippen molar-refractivity contribution in [3.63, 3.8) is 0 Å². The summed E-state index contributed by atoms with van der Waals surface area (Å²) in [6, 6.07) is 2.03. The van der Waals surface area contributed by atoms with Gasteiger partial charge in [0.1, 0.15) is 12.1 Å². The van der Waals surface area contributed by atoms with E-state index in [0.29, 0.717) is 38.1 Å². The second-order valence-electron chi connectivity index (χ2n) is 8.42. The van der Waals surface area contributed by atoms with Crippen LogP contribution in [-0.2, 0) is 11.8 Å². The van der Waals surface area contributed by atoms with Crippen molar-refractivity contribution >= 4 is 22.7 Å². The maximum absolute atomic E-state index is 9.62. The number of hydrogen-bond acceptors (Lipinski definition) is 8. The molecule has 3 N–H and O–H groups in total. The van der Waals surface area contributed by atoms with E-state index in [1.54, 1.807) is 11.7 Å². The summed E-state index contributed by atoms with van der Waals surface area (Å²) in [6.45, 7) is 6.29. The van der Waals surface area contributed by atoms with Crippen molar-refractivity contribution in [2.24, 2.45) is 17.8 Å². The molecule has 0 spiro atoms. The number of fused-ring (bicyclic) bond motifs is 3. The molecule has 0 radical (unpaired) electrons. The number of nitrogens with one attached hydrogen (secondary N) is 1. The lowest BCUT2D eigenvalue weighted by molar-refractivity contribution is 0.224. The monoisotopic (exact) mass is 516 g/mol. The first kappa shape index (κ1) is 27.8. The lowest BCUT2D eigenvalue weighted by Gasteiger charge is -2.20. The van der Waals surface area contributed by atoms with Gasteiger partial charge in [-0.25, -0.2) is 13.5 Å². The Morgan fingerprint density at radius 2 is 1.97 bits per heavy atom. The topological polar surface area (TPSA) is 119 Å². The van der Waals surface area contributed by atoms with Gasteiger partial charge in [-0.2, -0.15) is 10.2 Å². The highest BCUT2D eigenvalue weighted by molar-refractivity contribution is 6.05. The van der Waals surface area contributed by atoms with E-state index in [4.69, 9.17) is 20.2 Å². The lowest BCUT2D eigenvalue weighted by Crippen LogP contribution is -2.31. The Morgan fingerprint density at radius 1 is 1.24 bits per heavy atom. The average molecular weight is 517 g/mol. The van der Waals surface area contributed by atoms with Crippen molar-refractivity contribution in [3.8, 4) is 17.1 Å². The second-order valence-corrected chi connectivity index (χ2v) is 8.42. The zero-order valence-electron chi connectivity index (χ0n) is 22.1. The van der Waals surface area contributed by atoms with Gasteiger partial charge in [-0.05, 0) is 46.0 Å². The number of aryl methyl sites for hydroxylation is 3. The number of alkyl halides is 2. The Morgan fingerprint density at radius 3 is 2.65 bits per heavy atom. The van der Waals surface area contributed by atoms with Gasteiger partial charge >= 0.3 is 0 Å². The number of halogens is 2. The number of nitrogens with zero attached hydrogens (tertiary/aromatic N) is 6. The van der Waals surface area contributed by atoms with E-state index in [0.717, 1.165) is 50.5 Å². The summed E-state index contributed by atoms with van der Waals surface area (Å²) in [6.07, 6.45) is 3.89. The van der Waals surface area contributed by atoms with E-state index in [1.165, 1.54) is 0 Å². The SMILES string of the molecule is CCO/C(N)=C1\C=C\c2[nH]nc3c(C)nc(cc23)-c2c(C)nn(C)c2OCCN(C)CC1=NC.FCF. The molecule has 37 heavy (non-hydrogen) atoms. The van der Waals surface area contributed by atoms with Crippen LogP contribution in [0, 0.1) is 13.8 Å². The molecule has 0 aromatic carbocycles. The van der Waals surface area contributed by atoms with E-state index in [1.807, 2.05) is 53.1 Å². The van der Waals surface area contributed by atoms with E-state index in [-0.39, 0.29) is 0 Å². The first-order valence-electron chi connectivity index (χ1n) is 11.8. The fourth-order valence-corrected chi connectivity index (χ4v) is 4.17. The molecule has 0 atom stereocenters. The maximum Gasteiger partial charge on any atom is 0.229 e. The maximum atomic E-state index is 9.62. The van der Waals surface area contributed by atoms with Crippen LogP contribution in [0.1, 0.15) is 24.0 Å². The number of aromatic nitrogens is 5. The number of hydrogen-bond donors (Lipinski definition) is 2. The van der Waals surface area contributed by atoms with Gasteiger partial charge in [-0.1, -0.05) is 0 Å². The zero-order chi connectivity index (χ0) is 27.1. The van der Waals surface area contributed by atoms with E-state index >= 15 is 0 Å². The minimum Gasteiger partial charge on any atom is -0.479 e. The third kappa shape index (κ3) is 6.13. The molecule has 0 saturated heterocycles. The summed E-state index contributed by atoms with van der Waals surface area (Å²) in [7, 11) is 5.67. The third-order valence-corrected chi connectivity index (χ3v) is 5.87. The van der Waals surface area contributed by atoms with Crippen molar-refractivity contribution in [1.29, 1.82) is 0 Å². The molecule has 0 amide bonds. The number of nitrogens with two attached hydrogens (primary N) is 1. The van der Waals surface area contributed by atoms with Crippen molar-refractivity contribution in [2.45, 2.75) is 20.8 Å². The van der Waals surface area contributed by atoms with E-state index in [9.17, 15) is 8.78 Å². The number of aromatic amines is 1. The van der Waals surface area contributed by atoms with Crippen molar-refractivity contribution < 1.29 is 18.3 Å². The molecule has 2 bridgehead atoms. The minimum atomic E-state index is -1.75. The molecule has 0 aliphatic carbocycles. The number of likely N-dealkylation sites (N-methyl/N-ethyl adjacent to an activating group) is 1. The Balaban J connectivity index is 0.00000121. The predicted octanol–water partition coefficient (Wildman–Crippen LogP) is 3.47. The number of ether oxygens (including phenoxy) is 2. The van der Waals surface area contributed by atoms with Gasteiger partial charge in [0.05, 0.1) is 46.2 Å². The van der Waals surface area contributed by atoms with Crippen LogP contribution in [0.4, 0.5) is 8.78 Å². The molecule has 10 nitrogen and oxygen atoms in total. The molecule has 200 valence electrons. The number of aliphatic imine (C=N–C) groups is 1. The summed E-state index contributed by atoms with van der Waals surface area (Å²) >= 11 is 0. The fraction of sp³-hybridized carbons (Fsp3) is 0.440. The Kier molecular flexibility index (Phi) is 9.34. The average Bonchev–Trinajstić information content (AvgIpc) is 3.38. The van der Waals surface area contributed by atoms with Crippen LogP contribution in [0.2, 0.25) is 0 Å². The lowest BCUT2D eigenvalue weighted by atomic mass is 10.1. The summed E-state index contributed by atoms with van der Waals surface area (Å²) in [5.41, 5.74) is 12.9. The normalized spacial score (nSPS) is 17.9. The van der Waals surface area contributed by atoms with Gasteiger partial charge in [-0.15, -0.1) is 0 Å². The van der Waals surface area contributed by atoms with Gasteiger partial charge in [-0.3, -0.25) is 20.0 Å². The number of rotatable bonds is 2. The molecule has 0 saturated carbocycles. The summed E-state index contributed by atoms with van der Waals surface area (Å²) in [5, 5.41) is 13.2. The summed E-state index contributed by atoms with van der Waals surface area (Å²) in [5.74, 6) is 1.03. The number of pyridine rings is 1. The highest BCUT2D eigenvalue weighted by Crippen LogP contribution is 2.34. The van der Waals surface area contributed by atoms with Gasteiger partial charge in [0.15, 0.2) is 5.88 Å². The van der Waals surface area contributed by atoms with Crippen LogP contribution in [0.25, 0.3) is 28.2 Å². The summed E-state index contributed by atoms with van der Waals surface area (Å²) in [4.78, 5) is 11.5. The van der Waals surface area contributed by atoms with E-state index < -0.39 is 6.93 Å². The largest absolute Gasteiger partial charge is 0.479 e. The highest BCUT2D eigenvalue weighted by Gasteiger charge is 2.21.